The molecule has 0 saturated carbocycles. The summed E-state index contributed by atoms with van der Waals surface area (Å²) >= 11 is 3.98. The van der Waals surface area contributed by atoms with Crippen LogP contribution in [0.15, 0.2) is 11.4 Å². The van der Waals surface area contributed by atoms with E-state index in [0.717, 1.165) is 0 Å². The molecule has 1 nitrogen and oxygen atoms in total. The van der Waals surface area contributed by atoms with Gasteiger partial charge in [0.15, 0.2) is 0 Å². The third kappa shape index (κ3) is 2.15. The summed E-state index contributed by atoms with van der Waals surface area (Å²) < 4.78 is 0. The van der Waals surface area contributed by atoms with Crippen molar-refractivity contribution in [3.63, 3.8) is 0 Å². The van der Waals surface area contributed by atoms with Gasteiger partial charge in [0.2, 0.25) is 0 Å². The molecule has 14 heavy (non-hydrogen) atoms. The predicted molar refractivity (Wildman–Crippen MR) is 66.3 cm³/mol. The van der Waals surface area contributed by atoms with Crippen LogP contribution >= 0.6 is 23.1 Å². The maximum absolute atomic E-state index is 3.74. The molecule has 1 aliphatic rings. The van der Waals surface area contributed by atoms with Crippen LogP contribution in [0.3, 0.4) is 0 Å². The third-order valence-electron chi connectivity index (χ3n) is 2.75. The number of hydrogen-bond donors (Lipinski definition) is 1. The lowest BCUT2D eigenvalue weighted by atomic mass is 10.1. The SMILES string of the molecule is CCC1CSCC(c2sccc2C)N1. The fourth-order valence-corrected chi connectivity index (χ4v) is 4.18. The van der Waals surface area contributed by atoms with E-state index in [2.05, 4.69) is 42.4 Å². The fraction of sp³-hybridized carbons (Fsp3) is 0.636. The maximum atomic E-state index is 3.74. The molecule has 0 radical (unpaired) electrons. The van der Waals surface area contributed by atoms with E-state index < -0.39 is 0 Å². The highest BCUT2D eigenvalue weighted by atomic mass is 32.2. The zero-order valence-corrected chi connectivity index (χ0v) is 10.4. The molecular formula is C11H17NS2. The molecule has 0 aliphatic carbocycles. The molecule has 0 amide bonds. The minimum atomic E-state index is 0.596. The van der Waals surface area contributed by atoms with Gasteiger partial charge in [0.1, 0.15) is 0 Å². The topological polar surface area (TPSA) is 12.0 Å². The Kier molecular flexibility index (Phi) is 3.52. The highest BCUT2D eigenvalue weighted by molar-refractivity contribution is 7.99. The molecule has 1 aliphatic heterocycles. The van der Waals surface area contributed by atoms with Gasteiger partial charge in [-0.3, -0.25) is 0 Å². The van der Waals surface area contributed by atoms with Crippen LogP contribution in [-0.4, -0.2) is 17.5 Å². The van der Waals surface area contributed by atoms with Gasteiger partial charge < -0.3 is 5.32 Å². The van der Waals surface area contributed by atoms with Crippen molar-refractivity contribution in [2.45, 2.75) is 32.4 Å². The molecule has 3 heteroatoms. The zero-order valence-electron chi connectivity index (χ0n) is 8.75. The predicted octanol–water partition coefficient (Wildman–Crippen LogP) is 3.21. The summed E-state index contributed by atoms with van der Waals surface area (Å²) in [5.74, 6) is 2.51. The molecule has 78 valence electrons. The largest absolute Gasteiger partial charge is 0.305 e. The van der Waals surface area contributed by atoms with Crippen molar-refractivity contribution in [1.29, 1.82) is 0 Å². The van der Waals surface area contributed by atoms with Crippen LogP contribution in [0.1, 0.15) is 29.8 Å². The summed E-state index contributed by atoms with van der Waals surface area (Å²) in [6, 6.07) is 3.53. The van der Waals surface area contributed by atoms with Gasteiger partial charge in [0, 0.05) is 22.4 Å². The normalized spacial score (nSPS) is 27.9. The molecule has 1 saturated heterocycles. The quantitative estimate of drug-likeness (QED) is 0.832. The smallest absolute Gasteiger partial charge is 0.0511 e. The third-order valence-corrected chi connectivity index (χ3v) is 5.09. The highest BCUT2D eigenvalue weighted by Gasteiger charge is 2.23. The highest BCUT2D eigenvalue weighted by Crippen LogP contribution is 2.30. The van der Waals surface area contributed by atoms with Gasteiger partial charge in [-0.1, -0.05) is 6.92 Å². The molecule has 2 atom stereocenters. The molecule has 0 aromatic carbocycles. The van der Waals surface area contributed by atoms with Gasteiger partial charge in [0.05, 0.1) is 6.04 Å². The Balaban J connectivity index is 2.08. The Morgan fingerprint density at radius 3 is 3.00 bits per heavy atom. The summed E-state index contributed by atoms with van der Waals surface area (Å²) in [7, 11) is 0. The van der Waals surface area contributed by atoms with Gasteiger partial charge in [-0.15, -0.1) is 11.3 Å². The summed E-state index contributed by atoms with van der Waals surface area (Å²) in [5.41, 5.74) is 1.45. The average molecular weight is 227 g/mol. The second-order valence-corrected chi connectivity index (χ2v) is 5.85. The van der Waals surface area contributed by atoms with Crippen LogP contribution in [0.4, 0.5) is 0 Å². The lowest BCUT2D eigenvalue weighted by Crippen LogP contribution is -2.39. The molecule has 1 fully saturated rings. The van der Waals surface area contributed by atoms with Crippen molar-refractivity contribution in [3.05, 3.63) is 21.9 Å². The van der Waals surface area contributed by atoms with Gasteiger partial charge >= 0.3 is 0 Å². The molecule has 1 N–H and O–H groups in total. The van der Waals surface area contributed by atoms with Crippen molar-refractivity contribution >= 4 is 23.1 Å². The first kappa shape index (κ1) is 10.5. The lowest BCUT2D eigenvalue weighted by Gasteiger charge is -2.30. The first-order valence-corrected chi connectivity index (χ1v) is 7.22. The van der Waals surface area contributed by atoms with Crippen molar-refractivity contribution in [2.24, 2.45) is 0 Å². The van der Waals surface area contributed by atoms with Crippen molar-refractivity contribution in [2.75, 3.05) is 11.5 Å². The first-order chi connectivity index (χ1) is 6.81. The Labute approximate surface area is 94.3 Å². The van der Waals surface area contributed by atoms with E-state index in [1.165, 1.54) is 28.4 Å². The Hall–Kier alpha value is 0.01000. The minimum absolute atomic E-state index is 0.596. The van der Waals surface area contributed by atoms with Crippen LogP contribution in [0, 0.1) is 6.92 Å². The minimum Gasteiger partial charge on any atom is -0.305 e. The molecule has 1 aromatic rings. The second kappa shape index (κ2) is 4.69. The first-order valence-electron chi connectivity index (χ1n) is 5.19. The molecule has 2 unspecified atom stereocenters. The Morgan fingerprint density at radius 2 is 2.36 bits per heavy atom. The Bertz CT molecular complexity index is 295. The standard InChI is InChI=1S/C11H17NS2/c1-3-9-6-13-7-10(12-9)11-8(2)4-5-14-11/h4-5,9-10,12H,3,6-7H2,1-2H3. The summed E-state index contributed by atoms with van der Waals surface area (Å²) in [6.07, 6.45) is 1.24. The molecule has 0 spiro atoms. The summed E-state index contributed by atoms with van der Waals surface area (Å²) in [5, 5.41) is 5.94. The van der Waals surface area contributed by atoms with Gasteiger partial charge in [-0.05, 0) is 30.4 Å². The molecule has 0 bridgehead atoms. The molecule has 2 rings (SSSR count). The van der Waals surface area contributed by atoms with E-state index in [1.807, 2.05) is 11.3 Å². The second-order valence-electron chi connectivity index (χ2n) is 3.83. The maximum Gasteiger partial charge on any atom is 0.0511 e. The molecular weight excluding hydrogens is 210 g/mol. The van der Waals surface area contributed by atoms with Crippen LogP contribution in [0.25, 0.3) is 0 Å². The summed E-state index contributed by atoms with van der Waals surface area (Å²) in [4.78, 5) is 1.54. The number of thiophene rings is 1. The van der Waals surface area contributed by atoms with E-state index in [1.54, 1.807) is 0 Å². The fourth-order valence-electron chi connectivity index (χ4n) is 1.84. The molecule has 1 aromatic heterocycles. The number of thioether (sulfide) groups is 1. The number of hydrogen-bond acceptors (Lipinski definition) is 3. The van der Waals surface area contributed by atoms with Gasteiger partial charge in [-0.25, -0.2) is 0 Å². The van der Waals surface area contributed by atoms with E-state index in [9.17, 15) is 0 Å². The van der Waals surface area contributed by atoms with E-state index in [4.69, 9.17) is 0 Å². The van der Waals surface area contributed by atoms with E-state index in [0.29, 0.717) is 12.1 Å². The average Bonchev–Trinajstić information content (AvgIpc) is 2.65. The van der Waals surface area contributed by atoms with E-state index in [-0.39, 0.29) is 0 Å². The van der Waals surface area contributed by atoms with Crippen molar-refractivity contribution in [3.8, 4) is 0 Å². The number of aryl methyl sites for hydroxylation is 1. The van der Waals surface area contributed by atoms with Crippen molar-refractivity contribution < 1.29 is 0 Å². The lowest BCUT2D eigenvalue weighted by molar-refractivity contribution is 0.469. The van der Waals surface area contributed by atoms with Gasteiger partial charge in [0.25, 0.3) is 0 Å². The van der Waals surface area contributed by atoms with E-state index >= 15 is 0 Å². The Morgan fingerprint density at radius 1 is 1.50 bits per heavy atom. The van der Waals surface area contributed by atoms with Crippen LogP contribution in [-0.2, 0) is 0 Å². The zero-order chi connectivity index (χ0) is 9.97. The van der Waals surface area contributed by atoms with Crippen molar-refractivity contribution in [1.82, 2.24) is 5.32 Å². The summed E-state index contributed by atoms with van der Waals surface area (Å²) in [6.45, 7) is 4.48. The van der Waals surface area contributed by atoms with Crippen LogP contribution in [0.5, 0.6) is 0 Å². The number of rotatable bonds is 2. The molecule has 2 heterocycles. The number of nitrogens with one attached hydrogen (secondary N) is 1. The monoisotopic (exact) mass is 227 g/mol. The van der Waals surface area contributed by atoms with Gasteiger partial charge in [-0.2, -0.15) is 11.8 Å². The van der Waals surface area contributed by atoms with Crippen LogP contribution < -0.4 is 5.32 Å². The van der Waals surface area contributed by atoms with Crippen LogP contribution in [0.2, 0.25) is 0 Å².